The minimum atomic E-state index is -1.01. The molecule has 0 bridgehead atoms. The number of nitrogens with one attached hydrogen (secondary N) is 1. The molecule has 194 valence electrons. The average Bonchev–Trinajstić information content (AvgIpc) is 3.56. The van der Waals surface area contributed by atoms with Crippen molar-refractivity contribution in [2.45, 2.75) is 45.3 Å². The molecule has 0 saturated carbocycles. The van der Waals surface area contributed by atoms with Crippen LogP contribution < -0.4 is 21.7 Å². The average molecular weight is 522 g/mol. The van der Waals surface area contributed by atoms with E-state index < -0.39 is 17.9 Å². The van der Waals surface area contributed by atoms with Crippen LogP contribution in [0, 0.1) is 6.92 Å². The normalized spacial score (nSPS) is 15.8. The van der Waals surface area contributed by atoms with E-state index in [0.717, 1.165) is 41.9 Å². The van der Waals surface area contributed by atoms with Crippen molar-refractivity contribution in [3.8, 4) is 0 Å². The van der Waals surface area contributed by atoms with Crippen LogP contribution in [-0.2, 0) is 16.0 Å². The first-order chi connectivity index (χ1) is 17.8. The summed E-state index contributed by atoms with van der Waals surface area (Å²) in [7, 11) is 0. The third kappa shape index (κ3) is 5.81. The third-order valence-electron chi connectivity index (χ3n) is 6.42. The summed E-state index contributed by atoms with van der Waals surface area (Å²) >= 11 is 0.785. The maximum atomic E-state index is 14.1. The third-order valence-corrected chi connectivity index (χ3v) is 7.28. The Hall–Kier alpha value is -3.76. The molecule has 3 amide bonds. The Labute approximate surface area is 220 Å². The van der Waals surface area contributed by atoms with E-state index in [2.05, 4.69) is 9.69 Å². The van der Waals surface area contributed by atoms with Gasteiger partial charge in [0.05, 0.1) is 11.8 Å². The van der Waals surface area contributed by atoms with Gasteiger partial charge in [-0.25, -0.2) is 0 Å². The van der Waals surface area contributed by atoms with Crippen molar-refractivity contribution in [2.75, 3.05) is 23.8 Å². The zero-order valence-electron chi connectivity index (χ0n) is 20.9. The van der Waals surface area contributed by atoms with Gasteiger partial charge in [0.1, 0.15) is 10.9 Å². The van der Waals surface area contributed by atoms with E-state index in [9.17, 15) is 14.4 Å². The lowest BCUT2D eigenvalue weighted by atomic mass is 10.0. The molecule has 2 unspecified atom stereocenters. The quantitative estimate of drug-likeness (QED) is 0.394. The summed E-state index contributed by atoms with van der Waals surface area (Å²) in [6, 6.07) is 13.9. The number of carbonyl (C=O) groups is 3. The second kappa shape index (κ2) is 11.5. The fraction of sp³-hybridized carbons (Fsp3) is 0.333. The van der Waals surface area contributed by atoms with Gasteiger partial charge in [-0.3, -0.25) is 19.3 Å². The zero-order valence-corrected chi connectivity index (χ0v) is 21.7. The summed E-state index contributed by atoms with van der Waals surface area (Å²) < 4.78 is 9.67. The van der Waals surface area contributed by atoms with E-state index in [4.69, 9.17) is 16.2 Å². The lowest BCUT2D eigenvalue weighted by Crippen LogP contribution is -2.45. The Balaban J connectivity index is 1.80. The molecule has 37 heavy (non-hydrogen) atoms. The summed E-state index contributed by atoms with van der Waals surface area (Å²) in [6.07, 6.45) is 2.57. The van der Waals surface area contributed by atoms with Crippen LogP contribution in [0.25, 0.3) is 0 Å². The summed E-state index contributed by atoms with van der Waals surface area (Å²) in [5.41, 5.74) is 14.5. The van der Waals surface area contributed by atoms with Gasteiger partial charge >= 0.3 is 0 Å². The number of amides is 3. The molecule has 0 radical (unpaired) electrons. The number of aryl methyl sites for hydroxylation is 2. The van der Waals surface area contributed by atoms with Crippen molar-refractivity contribution in [2.24, 2.45) is 5.73 Å². The van der Waals surface area contributed by atoms with E-state index in [1.807, 2.05) is 50.2 Å². The lowest BCUT2D eigenvalue weighted by molar-refractivity contribution is -0.123. The predicted octanol–water partition coefficient (Wildman–Crippen LogP) is 3.38. The standard InChI is InChI=1S/C27H31N5O4S/c1-3-17-8-12-19(13-9-17)32(27(35)24-21(28)22(25(29)33)31-37-24)23(18-10-6-16(2)7-11-18)26(34)30-15-20-5-4-14-36-20/h6-13,20,23H,3-5,14-15,28H2,1-2H3,(H2,29,33)(H,30,34). The van der Waals surface area contributed by atoms with Gasteiger partial charge in [0.15, 0.2) is 5.69 Å². The summed E-state index contributed by atoms with van der Waals surface area (Å²) in [4.78, 5) is 41.0. The summed E-state index contributed by atoms with van der Waals surface area (Å²) in [6.45, 7) is 5.00. The number of anilines is 2. The second-order valence-electron chi connectivity index (χ2n) is 9.03. The van der Waals surface area contributed by atoms with Gasteiger partial charge in [-0.1, -0.05) is 48.9 Å². The summed E-state index contributed by atoms with van der Waals surface area (Å²) in [5.74, 6) is -1.73. The Morgan fingerprint density at radius 1 is 1.16 bits per heavy atom. The minimum absolute atomic E-state index is 0.0393. The van der Waals surface area contributed by atoms with Crippen molar-refractivity contribution < 1.29 is 19.1 Å². The molecule has 1 aromatic heterocycles. The van der Waals surface area contributed by atoms with Crippen LogP contribution >= 0.6 is 11.5 Å². The van der Waals surface area contributed by atoms with Gasteiger partial charge in [0.25, 0.3) is 11.8 Å². The zero-order chi connectivity index (χ0) is 26.5. The highest BCUT2D eigenvalue weighted by Crippen LogP contribution is 2.33. The van der Waals surface area contributed by atoms with Crippen LogP contribution in [0.3, 0.4) is 0 Å². The number of nitrogens with zero attached hydrogens (tertiary/aromatic N) is 2. The highest BCUT2D eigenvalue weighted by atomic mass is 32.1. The van der Waals surface area contributed by atoms with Crippen LogP contribution in [0.15, 0.2) is 48.5 Å². The number of nitrogens with two attached hydrogens (primary N) is 2. The Bertz CT molecular complexity index is 1270. The van der Waals surface area contributed by atoms with Crippen molar-refractivity contribution >= 4 is 40.6 Å². The first-order valence-electron chi connectivity index (χ1n) is 12.2. The van der Waals surface area contributed by atoms with Crippen LogP contribution in [0.4, 0.5) is 11.4 Å². The smallest absolute Gasteiger partial charge is 0.273 e. The highest BCUT2D eigenvalue weighted by molar-refractivity contribution is 7.09. The number of hydrogen-bond donors (Lipinski definition) is 3. The Morgan fingerprint density at radius 2 is 1.86 bits per heavy atom. The van der Waals surface area contributed by atoms with Gasteiger partial charge in [0, 0.05) is 18.8 Å². The molecule has 2 atom stereocenters. The molecule has 1 aliphatic heterocycles. The number of nitrogen functional groups attached to an aromatic ring is 1. The van der Waals surface area contributed by atoms with E-state index >= 15 is 0 Å². The van der Waals surface area contributed by atoms with Crippen LogP contribution in [0.1, 0.15) is 62.7 Å². The Kier molecular flexibility index (Phi) is 8.20. The first-order valence-corrected chi connectivity index (χ1v) is 13.0. The topological polar surface area (TPSA) is 141 Å². The molecule has 2 aromatic carbocycles. The van der Waals surface area contributed by atoms with Gasteiger partial charge < -0.3 is 21.5 Å². The van der Waals surface area contributed by atoms with Gasteiger partial charge in [-0.2, -0.15) is 4.37 Å². The van der Waals surface area contributed by atoms with E-state index in [0.29, 0.717) is 24.4 Å². The van der Waals surface area contributed by atoms with Crippen molar-refractivity contribution in [3.05, 3.63) is 75.8 Å². The molecule has 2 heterocycles. The number of carbonyl (C=O) groups excluding carboxylic acids is 3. The summed E-state index contributed by atoms with van der Waals surface area (Å²) in [5, 5.41) is 2.98. The maximum absolute atomic E-state index is 14.1. The van der Waals surface area contributed by atoms with Crippen LogP contribution in [0.5, 0.6) is 0 Å². The molecule has 0 aliphatic carbocycles. The molecule has 5 N–H and O–H groups in total. The molecule has 3 aromatic rings. The molecular formula is C27H31N5O4S. The van der Waals surface area contributed by atoms with Gasteiger partial charge in [-0.05, 0) is 61.0 Å². The number of ether oxygens (including phenoxy) is 1. The fourth-order valence-electron chi connectivity index (χ4n) is 4.30. The Morgan fingerprint density at radius 3 is 2.43 bits per heavy atom. The fourth-order valence-corrected chi connectivity index (χ4v) is 5.04. The number of hydrogen-bond acceptors (Lipinski definition) is 7. The van der Waals surface area contributed by atoms with Crippen LogP contribution in [0.2, 0.25) is 0 Å². The van der Waals surface area contributed by atoms with E-state index in [1.54, 1.807) is 12.1 Å². The second-order valence-corrected chi connectivity index (χ2v) is 9.80. The van der Waals surface area contributed by atoms with Crippen molar-refractivity contribution in [1.82, 2.24) is 9.69 Å². The van der Waals surface area contributed by atoms with Crippen molar-refractivity contribution in [3.63, 3.8) is 0 Å². The molecule has 4 rings (SSSR count). The molecule has 1 aliphatic rings. The number of benzene rings is 2. The maximum Gasteiger partial charge on any atom is 0.273 e. The van der Waals surface area contributed by atoms with Crippen molar-refractivity contribution in [1.29, 1.82) is 0 Å². The molecular weight excluding hydrogens is 490 g/mol. The monoisotopic (exact) mass is 521 g/mol. The van der Waals surface area contributed by atoms with Crippen LogP contribution in [-0.4, -0.2) is 41.4 Å². The number of aromatic nitrogens is 1. The number of rotatable bonds is 9. The largest absolute Gasteiger partial charge is 0.395 e. The van der Waals surface area contributed by atoms with Gasteiger partial charge in [-0.15, -0.1) is 0 Å². The highest BCUT2D eigenvalue weighted by Gasteiger charge is 2.36. The number of primary amides is 1. The molecule has 9 nitrogen and oxygen atoms in total. The SMILES string of the molecule is CCc1ccc(N(C(=O)c2snc(C(N)=O)c2N)C(C(=O)NCC2CCCO2)c2ccc(C)cc2)cc1. The lowest BCUT2D eigenvalue weighted by Gasteiger charge is -2.31. The van der Waals surface area contributed by atoms with Gasteiger partial charge in [0.2, 0.25) is 5.91 Å². The first kappa shape index (κ1) is 26.3. The molecule has 1 fully saturated rings. The minimum Gasteiger partial charge on any atom is -0.395 e. The molecule has 0 spiro atoms. The predicted molar refractivity (Wildman–Crippen MR) is 144 cm³/mol. The molecule has 1 saturated heterocycles. The molecule has 10 heteroatoms. The van der Waals surface area contributed by atoms with E-state index in [-0.39, 0.29) is 28.3 Å². The van der Waals surface area contributed by atoms with E-state index in [1.165, 1.54) is 4.90 Å².